The Hall–Kier alpha value is -0.910. The van der Waals surface area contributed by atoms with Crippen molar-refractivity contribution in [3.05, 3.63) is 11.6 Å². The summed E-state index contributed by atoms with van der Waals surface area (Å²) in [5, 5.41) is 8.29. The van der Waals surface area contributed by atoms with Crippen molar-refractivity contribution < 1.29 is 8.42 Å². The van der Waals surface area contributed by atoms with Gasteiger partial charge in [0.25, 0.3) is 0 Å². The number of rotatable bonds is 5. The van der Waals surface area contributed by atoms with Gasteiger partial charge in [-0.2, -0.15) is 0 Å². The Labute approximate surface area is 127 Å². The predicted octanol–water partition coefficient (Wildman–Crippen LogP) is 2.58. The zero-order valence-electron chi connectivity index (χ0n) is 13.0. The van der Waals surface area contributed by atoms with Crippen molar-refractivity contribution in [3.63, 3.8) is 0 Å². The van der Waals surface area contributed by atoms with Crippen molar-refractivity contribution in [3.8, 4) is 0 Å². The van der Waals surface area contributed by atoms with Gasteiger partial charge in [-0.3, -0.25) is 0 Å². The summed E-state index contributed by atoms with van der Waals surface area (Å²) in [6.07, 6.45) is 7.90. The summed E-state index contributed by atoms with van der Waals surface area (Å²) in [4.78, 5) is 0. The lowest BCUT2D eigenvalue weighted by Gasteiger charge is -2.33. The summed E-state index contributed by atoms with van der Waals surface area (Å²) in [5.41, 5.74) is -0.0466. The molecule has 0 aliphatic heterocycles. The van der Waals surface area contributed by atoms with Crippen LogP contribution in [0.25, 0.3) is 0 Å². The maximum atomic E-state index is 12.5. The molecule has 0 amide bonds. The van der Waals surface area contributed by atoms with Gasteiger partial charge in [-0.25, -0.2) is 8.42 Å². The van der Waals surface area contributed by atoms with Gasteiger partial charge < -0.3 is 4.57 Å². The van der Waals surface area contributed by atoms with Gasteiger partial charge in [0.15, 0.2) is 9.84 Å². The van der Waals surface area contributed by atoms with E-state index in [1.54, 1.807) is 0 Å². The van der Waals surface area contributed by atoms with Crippen LogP contribution in [-0.2, 0) is 22.6 Å². The molecule has 2 fully saturated rings. The Morgan fingerprint density at radius 1 is 1.19 bits per heavy atom. The molecule has 0 radical (unpaired) electrons. The minimum Gasteiger partial charge on any atom is -0.317 e. The normalized spacial score (nSPS) is 22.4. The summed E-state index contributed by atoms with van der Waals surface area (Å²) < 4.78 is 27.0. The zero-order valence-corrected chi connectivity index (χ0v) is 13.8. The van der Waals surface area contributed by atoms with Crippen molar-refractivity contribution in [2.24, 2.45) is 12.5 Å². The van der Waals surface area contributed by atoms with E-state index in [1.807, 2.05) is 11.6 Å². The van der Waals surface area contributed by atoms with Crippen LogP contribution in [0.15, 0.2) is 0 Å². The van der Waals surface area contributed by atoms with E-state index in [1.165, 1.54) is 6.42 Å². The zero-order chi connectivity index (χ0) is 15.1. The molecule has 5 nitrogen and oxygen atoms in total. The summed E-state index contributed by atoms with van der Waals surface area (Å²) in [5.74, 6) is 2.35. The Bertz CT molecular complexity index is 611. The monoisotopic (exact) mass is 311 g/mol. The van der Waals surface area contributed by atoms with Crippen LogP contribution in [0, 0.1) is 5.41 Å². The molecular formula is C15H25N3O2S. The first-order valence-corrected chi connectivity index (χ1v) is 9.79. The number of hydrogen-bond donors (Lipinski definition) is 0. The second-order valence-corrected chi connectivity index (χ2v) is 9.28. The maximum absolute atomic E-state index is 12.5. The van der Waals surface area contributed by atoms with E-state index < -0.39 is 9.84 Å². The molecule has 118 valence electrons. The van der Waals surface area contributed by atoms with Crippen LogP contribution in [0.1, 0.15) is 69.4 Å². The molecule has 1 heterocycles. The molecule has 0 bridgehead atoms. The molecule has 0 N–H and O–H groups in total. The largest absolute Gasteiger partial charge is 0.317 e. The number of hydrogen-bond acceptors (Lipinski definition) is 4. The number of sulfone groups is 1. The third kappa shape index (κ3) is 3.47. The van der Waals surface area contributed by atoms with Crippen LogP contribution < -0.4 is 0 Å². The molecule has 0 saturated heterocycles. The van der Waals surface area contributed by atoms with Gasteiger partial charge in [-0.1, -0.05) is 26.2 Å². The van der Waals surface area contributed by atoms with E-state index in [0.717, 1.165) is 44.3 Å². The maximum Gasteiger partial charge on any atom is 0.158 e. The van der Waals surface area contributed by atoms with E-state index in [0.29, 0.717) is 11.7 Å². The standard InChI is InChI=1S/C15H25N3O2S/c1-15(8-4-3-5-9-15)11-21(19,20)10-13-16-17-14(18(13)2)12-6-7-12/h12H,3-11H2,1-2H3. The smallest absolute Gasteiger partial charge is 0.158 e. The Morgan fingerprint density at radius 2 is 1.86 bits per heavy atom. The lowest BCUT2D eigenvalue weighted by Crippen LogP contribution is -2.30. The fourth-order valence-electron chi connectivity index (χ4n) is 3.53. The lowest BCUT2D eigenvalue weighted by molar-refractivity contribution is 0.247. The summed E-state index contributed by atoms with van der Waals surface area (Å²) in [6, 6.07) is 0. The summed E-state index contributed by atoms with van der Waals surface area (Å²) in [7, 11) is -1.24. The van der Waals surface area contributed by atoms with Gasteiger partial charge in [-0.15, -0.1) is 10.2 Å². The molecule has 3 rings (SSSR count). The fourth-order valence-corrected chi connectivity index (χ4v) is 5.62. The van der Waals surface area contributed by atoms with Gasteiger partial charge in [0.05, 0.1) is 5.75 Å². The molecule has 2 aliphatic carbocycles. The molecule has 6 heteroatoms. The quantitative estimate of drug-likeness (QED) is 0.838. The van der Waals surface area contributed by atoms with Crippen molar-refractivity contribution >= 4 is 9.84 Å². The molecule has 1 aromatic rings. The summed E-state index contributed by atoms with van der Waals surface area (Å²) in [6.45, 7) is 2.12. The minimum atomic E-state index is -3.13. The lowest BCUT2D eigenvalue weighted by atomic mass is 9.77. The van der Waals surface area contributed by atoms with Crippen LogP contribution in [0.3, 0.4) is 0 Å². The van der Waals surface area contributed by atoms with Gasteiger partial charge in [-0.05, 0) is 31.1 Å². The highest BCUT2D eigenvalue weighted by atomic mass is 32.2. The second kappa shape index (κ2) is 5.38. The molecule has 1 aromatic heterocycles. The minimum absolute atomic E-state index is 0.0266. The SMILES string of the molecule is Cn1c(CS(=O)(=O)CC2(C)CCCCC2)nnc1C1CC1. The van der Waals surface area contributed by atoms with Crippen molar-refractivity contribution in [2.75, 3.05) is 5.75 Å². The van der Waals surface area contributed by atoms with E-state index in [-0.39, 0.29) is 16.9 Å². The molecule has 0 aromatic carbocycles. The van der Waals surface area contributed by atoms with E-state index in [2.05, 4.69) is 17.1 Å². The van der Waals surface area contributed by atoms with Gasteiger partial charge >= 0.3 is 0 Å². The van der Waals surface area contributed by atoms with Crippen LogP contribution in [0.4, 0.5) is 0 Å². The molecule has 0 unspecified atom stereocenters. The van der Waals surface area contributed by atoms with Crippen molar-refractivity contribution in [1.29, 1.82) is 0 Å². The van der Waals surface area contributed by atoms with Gasteiger partial charge in [0, 0.05) is 13.0 Å². The highest BCUT2D eigenvalue weighted by Crippen LogP contribution is 2.39. The molecule has 0 atom stereocenters. The first-order valence-electron chi connectivity index (χ1n) is 7.97. The second-order valence-electron chi connectivity index (χ2n) is 7.21. The molecule has 2 aliphatic rings. The molecule has 0 spiro atoms. The Balaban J connectivity index is 1.70. The van der Waals surface area contributed by atoms with Crippen LogP contribution in [0.5, 0.6) is 0 Å². The van der Waals surface area contributed by atoms with E-state index >= 15 is 0 Å². The Morgan fingerprint density at radius 3 is 2.48 bits per heavy atom. The first kappa shape index (κ1) is 15.0. The third-order valence-corrected chi connectivity index (χ3v) is 6.75. The van der Waals surface area contributed by atoms with Crippen molar-refractivity contribution in [2.45, 2.75) is 63.5 Å². The average molecular weight is 311 g/mol. The van der Waals surface area contributed by atoms with Crippen molar-refractivity contribution in [1.82, 2.24) is 14.8 Å². The fraction of sp³-hybridized carbons (Fsp3) is 0.867. The summed E-state index contributed by atoms with van der Waals surface area (Å²) >= 11 is 0. The van der Waals surface area contributed by atoms with Crippen LogP contribution >= 0.6 is 0 Å². The molecular weight excluding hydrogens is 286 g/mol. The van der Waals surface area contributed by atoms with Crippen LogP contribution in [-0.4, -0.2) is 28.9 Å². The molecule has 2 saturated carbocycles. The number of nitrogens with zero attached hydrogens (tertiary/aromatic N) is 3. The highest BCUT2D eigenvalue weighted by molar-refractivity contribution is 7.90. The topological polar surface area (TPSA) is 64.8 Å². The molecule has 21 heavy (non-hydrogen) atoms. The van der Waals surface area contributed by atoms with Gasteiger partial charge in [0.2, 0.25) is 0 Å². The van der Waals surface area contributed by atoms with Gasteiger partial charge in [0.1, 0.15) is 17.4 Å². The average Bonchev–Trinajstić information content (AvgIpc) is 3.16. The van der Waals surface area contributed by atoms with E-state index in [4.69, 9.17) is 0 Å². The van der Waals surface area contributed by atoms with E-state index in [9.17, 15) is 8.42 Å². The highest BCUT2D eigenvalue weighted by Gasteiger charge is 2.34. The third-order valence-electron chi connectivity index (χ3n) is 4.92. The Kier molecular flexibility index (Phi) is 3.84. The van der Waals surface area contributed by atoms with Crippen LogP contribution in [0.2, 0.25) is 0 Å². The predicted molar refractivity (Wildman–Crippen MR) is 81.7 cm³/mol. The first-order chi connectivity index (χ1) is 9.89. The number of aromatic nitrogens is 3.